The Labute approximate surface area is 158 Å². The maximum Gasteiger partial charge on any atom is 0.466 e. The van der Waals surface area contributed by atoms with E-state index in [1.807, 2.05) is 0 Å². The Morgan fingerprint density at radius 3 is 1.00 bits per heavy atom. The van der Waals surface area contributed by atoms with Crippen LogP contribution >= 0.6 is 7.82 Å². The Morgan fingerprint density at radius 2 is 0.792 bits per heavy atom. The summed E-state index contributed by atoms with van der Waals surface area (Å²) in [6.45, 7) is 2.29. The quantitative estimate of drug-likeness (QED) is 0.158. The fourth-order valence-corrected chi connectivity index (χ4v) is 2.86. The van der Waals surface area contributed by atoms with Crippen molar-refractivity contribution >= 4 is 7.82 Å². The Balaban J connectivity index is 0. The first-order valence-electron chi connectivity index (χ1n) is 9.70. The van der Waals surface area contributed by atoms with Gasteiger partial charge in [-0.3, -0.25) is 0 Å². The zero-order valence-electron chi connectivity index (χ0n) is 15.5. The third kappa shape index (κ3) is 38.3. The van der Waals surface area contributed by atoms with Crippen molar-refractivity contribution in [3.05, 3.63) is 0 Å². The first-order chi connectivity index (χ1) is 11.4. The normalized spacial score (nSPS) is 11.2. The molecule has 0 heterocycles. The van der Waals surface area contributed by atoms with Crippen molar-refractivity contribution in [2.75, 3.05) is 0 Å². The minimum atomic E-state index is -4.64. The van der Waals surface area contributed by atoms with Gasteiger partial charge in [0.1, 0.15) is 0 Å². The van der Waals surface area contributed by atoms with Gasteiger partial charge in [0.05, 0.1) is 0 Å². The summed E-state index contributed by atoms with van der Waals surface area (Å²) < 4.78 is 8.88. The van der Waals surface area contributed by atoms with Crippen molar-refractivity contribution in [2.45, 2.75) is 115 Å². The van der Waals surface area contributed by atoms with Crippen molar-refractivity contribution in [3.8, 4) is 0 Å². The molecule has 0 unspecified atom stereocenters. The molecule has 0 aliphatic carbocycles. The summed E-state index contributed by atoms with van der Waals surface area (Å²) in [5, 5.41) is 0.936. The maximum absolute atomic E-state index is 8.88. The average molecular weight is 415 g/mol. The summed E-state index contributed by atoms with van der Waals surface area (Å²) in [4.78, 5) is 21.6. The molecular formula is C18H40CuO4P. The number of hydrogen-bond donors (Lipinski definition) is 3. The van der Waals surface area contributed by atoms with Crippen LogP contribution in [0.4, 0.5) is 0 Å². The molecule has 3 N–H and O–H groups in total. The molecule has 6 heteroatoms. The zero-order valence-corrected chi connectivity index (χ0v) is 17.4. The van der Waals surface area contributed by atoms with Crippen LogP contribution in [0.2, 0.25) is 5.32 Å². The molecule has 152 valence electrons. The van der Waals surface area contributed by atoms with E-state index in [9.17, 15) is 0 Å². The predicted molar refractivity (Wildman–Crippen MR) is 98.6 cm³/mol. The first-order valence-corrected chi connectivity index (χ1v) is 11.9. The third-order valence-electron chi connectivity index (χ3n) is 3.96. The van der Waals surface area contributed by atoms with Crippen molar-refractivity contribution in [1.29, 1.82) is 0 Å². The minimum absolute atomic E-state index is 0.936. The Morgan fingerprint density at radius 1 is 0.583 bits per heavy atom. The van der Waals surface area contributed by atoms with Crippen LogP contribution in [0.5, 0.6) is 0 Å². The predicted octanol–water partition coefficient (Wildman–Crippen LogP) is 6.28. The third-order valence-corrected chi connectivity index (χ3v) is 4.29. The molecule has 0 atom stereocenters. The zero-order chi connectivity index (χ0) is 18.5. The van der Waals surface area contributed by atoms with E-state index in [2.05, 4.69) is 6.92 Å². The largest absolute Gasteiger partial charge is 0.466 e. The van der Waals surface area contributed by atoms with Gasteiger partial charge in [-0.2, -0.15) is 0 Å². The standard InChI is InChI=1S/C18H37.Cu.H3O4P/c1-3-5-7-9-11-13-15-17-18-16-14-12-10-8-6-4-2;;1-5(2,3)4/h1,3-18H2,2H3;;(H3,1,2,3,4). The molecule has 0 aliphatic heterocycles. The Kier molecular flexibility index (Phi) is 24.2. The molecule has 0 bridgehead atoms. The second-order valence-electron chi connectivity index (χ2n) is 6.47. The monoisotopic (exact) mass is 414 g/mol. The molecule has 0 spiro atoms. The van der Waals surface area contributed by atoms with Gasteiger partial charge in [-0.1, -0.05) is 39.0 Å². The van der Waals surface area contributed by atoms with E-state index >= 15 is 0 Å². The van der Waals surface area contributed by atoms with E-state index in [1.54, 1.807) is 0 Å². The van der Waals surface area contributed by atoms with E-state index in [-0.39, 0.29) is 0 Å². The van der Waals surface area contributed by atoms with Gasteiger partial charge in [-0.25, -0.2) is 4.57 Å². The number of unbranched alkanes of at least 4 members (excludes halogenated alkanes) is 15. The van der Waals surface area contributed by atoms with Crippen LogP contribution < -0.4 is 0 Å². The fraction of sp³-hybridized carbons (Fsp3) is 1.00. The molecule has 0 amide bonds. The van der Waals surface area contributed by atoms with Crippen LogP contribution in [0.1, 0.15) is 110 Å². The van der Waals surface area contributed by atoms with Gasteiger partial charge in [-0.15, -0.1) is 0 Å². The molecule has 0 rings (SSSR count). The van der Waals surface area contributed by atoms with Gasteiger partial charge in [0.2, 0.25) is 0 Å². The summed E-state index contributed by atoms with van der Waals surface area (Å²) >= 11 is 5.08. The number of hydrogen-bond acceptors (Lipinski definition) is 1. The minimum Gasteiger partial charge on any atom is -0.303 e. The second kappa shape index (κ2) is 21.7. The van der Waals surface area contributed by atoms with Crippen LogP contribution in [0.15, 0.2) is 0 Å². The van der Waals surface area contributed by atoms with E-state index in [4.69, 9.17) is 35.3 Å². The van der Waals surface area contributed by atoms with Crippen LogP contribution in [0, 0.1) is 0 Å². The SMILES string of the molecule is CCCCCCCCCCCCCCCCC[CH2][Cu].O=P(O)(O)O. The van der Waals surface area contributed by atoms with E-state index < -0.39 is 7.82 Å². The van der Waals surface area contributed by atoms with Crippen molar-refractivity contribution in [1.82, 2.24) is 0 Å². The molecule has 24 heavy (non-hydrogen) atoms. The van der Waals surface area contributed by atoms with Crippen molar-refractivity contribution < 1.29 is 35.3 Å². The summed E-state index contributed by atoms with van der Waals surface area (Å²) in [7, 11) is -4.64. The molecule has 0 saturated carbocycles. The second-order valence-corrected chi connectivity index (χ2v) is 7.96. The van der Waals surface area contributed by atoms with Gasteiger partial charge in [-0.05, 0) is 0 Å². The summed E-state index contributed by atoms with van der Waals surface area (Å²) in [5.41, 5.74) is 0. The Bertz CT molecular complexity index is 247. The van der Waals surface area contributed by atoms with Gasteiger partial charge in [0.25, 0.3) is 0 Å². The smallest absolute Gasteiger partial charge is 0.303 e. The molecule has 0 saturated heterocycles. The molecule has 0 fully saturated rings. The summed E-state index contributed by atoms with van der Waals surface area (Å²) in [6.07, 6.45) is 22.9. The van der Waals surface area contributed by atoms with Gasteiger partial charge in [0.15, 0.2) is 0 Å². The van der Waals surface area contributed by atoms with E-state index in [1.165, 1.54) is 103 Å². The van der Waals surface area contributed by atoms with Crippen LogP contribution in [0.25, 0.3) is 0 Å². The van der Waals surface area contributed by atoms with Crippen LogP contribution in [-0.4, -0.2) is 14.7 Å². The Hall–Kier alpha value is 0.629. The number of phosphoric acid groups is 1. The van der Waals surface area contributed by atoms with E-state index in [0.717, 1.165) is 5.32 Å². The summed E-state index contributed by atoms with van der Waals surface area (Å²) in [5.74, 6) is 0. The average Bonchev–Trinajstić information content (AvgIpc) is 2.49. The van der Waals surface area contributed by atoms with Crippen molar-refractivity contribution in [3.63, 3.8) is 0 Å². The van der Waals surface area contributed by atoms with Gasteiger partial charge >= 0.3 is 99.8 Å². The van der Waals surface area contributed by atoms with Crippen molar-refractivity contribution in [2.24, 2.45) is 0 Å². The fourth-order valence-electron chi connectivity index (χ4n) is 2.62. The maximum atomic E-state index is 8.88. The summed E-state index contributed by atoms with van der Waals surface area (Å²) in [6, 6.07) is 0. The van der Waals surface area contributed by atoms with Crippen LogP contribution in [0.3, 0.4) is 0 Å². The van der Waals surface area contributed by atoms with Gasteiger partial charge < -0.3 is 14.7 Å². The molecule has 4 nitrogen and oxygen atoms in total. The molecule has 0 aromatic carbocycles. The van der Waals surface area contributed by atoms with Gasteiger partial charge in [0, 0.05) is 0 Å². The number of rotatable bonds is 16. The molecule has 0 aliphatic rings. The van der Waals surface area contributed by atoms with E-state index in [0.29, 0.717) is 0 Å². The van der Waals surface area contributed by atoms with Crippen LogP contribution in [-0.2, 0) is 20.6 Å². The molecule has 0 aromatic heterocycles. The first kappa shape index (κ1) is 26.9. The topological polar surface area (TPSA) is 77.8 Å². The molecular weight excluding hydrogens is 375 g/mol. The molecule has 0 radical (unpaired) electrons. The molecule has 0 aromatic rings.